The molecular weight excluding hydrogens is 336 g/mol. The lowest BCUT2D eigenvalue weighted by Crippen LogP contribution is -2.45. The van der Waals surface area contributed by atoms with Crippen LogP contribution in [-0.2, 0) is 9.53 Å². The maximum Gasteiger partial charge on any atom is 0.227 e. The van der Waals surface area contributed by atoms with Crippen molar-refractivity contribution in [2.24, 2.45) is 5.92 Å². The molecule has 0 saturated carbocycles. The summed E-state index contributed by atoms with van der Waals surface area (Å²) in [6.07, 6.45) is 13.5. The molecule has 1 aromatic carbocycles. The van der Waals surface area contributed by atoms with Gasteiger partial charge in [-0.3, -0.25) is 4.79 Å². The van der Waals surface area contributed by atoms with Crippen molar-refractivity contribution in [2.45, 2.75) is 37.7 Å². The van der Waals surface area contributed by atoms with Crippen LogP contribution in [0, 0.1) is 5.92 Å². The SMILES string of the molecule is O=C1CCCN1c1ccc(C2=CC3(CCNCC3)OC3=CC=CCC32)cc1. The minimum atomic E-state index is -0.183. The summed E-state index contributed by atoms with van der Waals surface area (Å²) in [4.78, 5) is 13.9. The number of anilines is 1. The number of fused-ring (bicyclic) bond motifs is 1. The third kappa shape index (κ3) is 3.02. The van der Waals surface area contributed by atoms with Gasteiger partial charge in [0.15, 0.2) is 0 Å². The topological polar surface area (TPSA) is 41.6 Å². The second-order valence-electron chi connectivity index (χ2n) is 8.00. The van der Waals surface area contributed by atoms with Gasteiger partial charge in [0.1, 0.15) is 11.4 Å². The van der Waals surface area contributed by atoms with Gasteiger partial charge in [0, 0.05) is 37.4 Å². The quantitative estimate of drug-likeness (QED) is 0.870. The van der Waals surface area contributed by atoms with Crippen LogP contribution in [0.4, 0.5) is 5.69 Å². The molecule has 27 heavy (non-hydrogen) atoms. The summed E-state index contributed by atoms with van der Waals surface area (Å²) in [5.41, 5.74) is 3.46. The van der Waals surface area contributed by atoms with Crippen molar-refractivity contribution >= 4 is 17.2 Å². The molecule has 0 aromatic heterocycles. The van der Waals surface area contributed by atoms with Gasteiger partial charge in [-0.05, 0) is 61.4 Å². The van der Waals surface area contributed by atoms with Crippen LogP contribution in [0.3, 0.4) is 0 Å². The summed E-state index contributed by atoms with van der Waals surface area (Å²) in [6, 6.07) is 8.57. The van der Waals surface area contributed by atoms with Crippen molar-refractivity contribution in [3.63, 3.8) is 0 Å². The number of rotatable bonds is 2. The molecule has 140 valence electrons. The Bertz CT molecular complexity index is 828. The third-order valence-corrected chi connectivity index (χ3v) is 6.26. The fourth-order valence-electron chi connectivity index (χ4n) is 4.78. The standard InChI is InChI=1S/C23H26N2O2/c26-22-6-3-15-25(22)18-9-7-17(8-10-18)20-16-23(11-13-24-14-12-23)27-21-5-2-1-4-19(20)21/h1-2,5,7-10,16,19,24H,3-4,6,11-15H2. The lowest BCUT2D eigenvalue weighted by molar-refractivity contribution is -0.117. The monoisotopic (exact) mass is 362 g/mol. The van der Waals surface area contributed by atoms with Crippen molar-refractivity contribution in [1.29, 1.82) is 0 Å². The normalized spacial score (nSPS) is 26.4. The van der Waals surface area contributed by atoms with E-state index in [2.05, 4.69) is 53.9 Å². The van der Waals surface area contributed by atoms with Gasteiger partial charge in [0.25, 0.3) is 0 Å². The molecule has 1 spiro atoms. The zero-order valence-electron chi connectivity index (χ0n) is 15.6. The van der Waals surface area contributed by atoms with E-state index in [4.69, 9.17) is 4.74 Å². The fourth-order valence-corrected chi connectivity index (χ4v) is 4.78. The Morgan fingerprint density at radius 3 is 2.70 bits per heavy atom. The molecule has 1 unspecified atom stereocenters. The highest BCUT2D eigenvalue weighted by Gasteiger charge is 2.40. The molecule has 1 atom stereocenters. The minimum Gasteiger partial charge on any atom is -0.487 e. The molecule has 4 aliphatic rings. The molecule has 3 aliphatic heterocycles. The number of piperidine rings is 1. The second-order valence-corrected chi connectivity index (χ2v) is 8.00. The number of benzene rings is 1. The summed E-state index contributed by atoms with van der Waals surface area (Å²) in [6.45, 7) is 2.83. The number of amides is 1. The van der Waals surface area contributed by atoms with E-state index in [9.17, 15) is 4.79 Å². The molecule has 2 fully saturated rings. The molecule has 0 bridgehead atoms. The molecule has 2 saturated heterocycles. The van der Waals surface area contributed by atoms with Gasteiger partial charge in [-0.25, -0.2) is 0 Å². The van der Waals surface area contributed by atoms with Crippen LogP contribution in [0.5, 0.6) is 0 Å². The van der Waals surface area contributed by atoms with E-state index >= 15 is 0 Å². The Labute approximate surface area is 160 Å². The van der Waals surface area contributed by atoms with Crippen LogP contribution in [0.15, 0.2) is 54.3 Å². The predicted octanol–water partition coefficient (Wildman–Crippen LogP) is 3.81. The average Bonchev–Trinajstić information content (AvgIpc) is 3.14. The van der Waals surface area contributed by atoms with Gasteiger partial charge in [0.05, 0.1) is 0 Å². The molecule has 1 N–H and O–H groups in total. The predicted molar refractivity (Wildman–Crippen MR) is 107 cm³/mol. The summed E-state index contributed by atoms with van der Waals surface area (Å²) in [5, 5.41) is 3.45. The first-order chi connectivity index (χ1) is 13.2. The van der Waals surface area contributed by atoms with Crippen molar-refractivity contribution in [1.82, 2.24) is 5.32 Å². The number of hydrogen-bond donors (Lipinski definition) is 1. The van der Waals surface area contributed by atoms with E-state index in [1.54, 1.807) is 0 Å². The van der Waals surface area contributed by atoms with Gasteiger partial charge in [-0.1, -0.05) is 24.3 Å². The van der Waals surface area contributed by atoms with Crippen LogP contribution in [-0.4, -0.2) is 31.1 Å². The van der Waals surface area contributed by atoms with Crippen molar-refractivity contribution in [3.8, 4) is 0 Å². The highest BCUT2D eigenvalue weighted by molar-refractivity contribution is 5.95. The summed E-state index contributed by atoms with van der Waals surface area (Å²) < 4.78 is 6.53. The first-order valence-corrected chi connectivity index (χ1v) is 10.1. The van der Waals surface area contributed by atoms with E-state index < -0.39 is 0 Å². The van der Waals surface area contributed by atoms with Crippen molar-refractivity contribution in [2.75, 3.05) is 24.5 Å². The lowest BCUT2D eigenvalue weighted by atomic mass is 9.78. The van der Waals surface area contributed by atoms with Crippen LogP contribution in [0.2, 0.25) is 0 Å². The summed E-state index contributed by atoms with van der Waals surface area (Å²) >= 11 is 0. The van der Waals surface area contributed by atoms with Crippen LogP contribution < -0.4 is 10.2 Å². The number of carbonyl (C=O) groups excluding carboxylic acids is 1. The van der Waals surface area contributed by atoms with E-state index in [1.807, 2.05) is 4.90 Å². The molecule has 0 radical (unpaired) electrons. The fraction of sp³-hybridized carbons (Fsp3) is 0.435. The van der Waals surface area contributed by atoms with Crippen molar-refractivity contribution in [3.05, 3.63) is 59.9 Å². The van der Waals surface area contributed by atoms with E-state index in [1.165, 1.54) is 11.1 Å². The lowest BCUT2D eigenvalue weighted by Gasteiger charge is -2.43. The number of carbonyl (C=O) groups is 1. The Kier molecular flexibility index (Phi) is 4.16. The van der Waals surface area contributed by atoms with Crippen molar-refractivity contribution < 1.29 is 9.53 Å². The van der Waals surface area contributed by atoms with Gasteiger partial charge < -0.3 is 15.0 Å². The van der Waals surface area contributed by atoms with E-state index in [0.29, 0.717) is 12.3 Å². The molecule has 4 nitrogen and oxygen atoms in total. The summed E-state index contributed by atoms with van der Waals surface area (Å²) in [5.74, 6) is 1.65. The largest absolute Gasteiger partial charge is 0.487 e. The van der Waals surface area contributed by atoms with Crippen LogP contribution >= 0.6 is 0 Å². The minimum absolute atomic E-state index is 0.183. The number of ether oxygens (including phenoxy) is 1. The second kappa shape index (κ2) is 6.68. The number of nitrogens with zero attached hydrogens (tertiary/aromatic N) is 1. The zero-order chi connectivity index (χ0) is 18.3. The maximum atomic E-state index is 12.0. The third-order valence-electron chi connectivity index (χ3n) is 6.26. The van der Waals surface area contributed by atoms with Crippen LogP contribution in [0.25, 0.3) is 5.57 Å². The Morgan fingerprint density at radius 2 is 1.96 bits per heavy atom. The van der Waals surface area contributed by atoms with Gasteiger partial charge >= 0.3 is 0 Å². The highest BCUT2D eigenvalue weighted by Crippen LogP contribution is 2.45. The summed E-state index contributed by atoms with van der Waals surface area (Å²) in [7, 11) is 0. The zero-order valence-corrected chi connectivity index (χ0v) is 15.6. The Balaban J connectivity index is 1.50. The Morgan fingerprint density at radius 1 is 1.15 bits per heavy atom. The first-order valence-electron chi connectivity index (χ1n) is 10.1. The number of nitrogens with one attached hydrogen (secondary N) is 1. The van der Waals surface area contributed by atoms with Gasteiger partial charge in [0.2, 0.25) is 5.91 Å². The molecule has 5 rings (SSSR count). The van der Waals surface area contributed by atoms with Gasteiger partial charge in [-0.15, -0.1) is 0 Å². The molecule has 3 heterocycles. The van der Waals surface area contributed by atoms with Gasteiger partial charge in [-0.2, -0.15) is 0 Å². The molecule has 4 heteroatoms. The highest BCUT2D eigenvalue weighted by atomic mass is 16.5. The number of allylic oxidation sites excluding steroid dienone is 4. The molecule has 1 aliphatic carbocycles. The number of hydrogen-bond acceptors (Lipinski definition) is 3. The molecular formula is C23H26N2O2. The average molecular weight is 362 g/mol. The first kappa shape index (κ1) is 16.8. The molecule has 1 amide bonds. The van der Waals surface area contributed by atoms with Crippen LogP contribution in [0.1, 0.15) is 37.7 Å². The van der Waals surface area contributed by atoms with E-state index in [0.717, 1.165) is 56.8 Å². The van der Waals surface area contributed by atoms with E-state index in [-0.39, 0.29) is 11.5 Å². The Hall–Kier alpha value is -2.33. The smallest absolute Gasteiger partial charge is 0.227 e. The maximum absolute atomic E-state index is 12.0. The molecule has 1 aromatic rings.